The lowest BCUT2D eigenvalue weighted by molar-refractivity contribution is -0.134. The van der Waals surface area contributed by atoms with Crippen molar-refractivity contribution in [2.24, 2.45) is 11.1 Å². The lowest BCUT2D eigenvalue weighted by Gasteiger charge is -2.42. The Bertz CT molecular complexity index is 564. The van der Waals surface area contributed by atoms with Crippen LogP contribution in [0.4, 0.5) is 0 Å². The van der Waals surface area contributed by atoms with Crippen LogP contribution < -0.4 is 10.5 Å². The summed E-state index contributed by atoms with van der Waals surface area (Å²) in [7, 11) is 0. The summed E-state index contributed by atoms with van der Waals surface area (Å²) in [6, 6.07) is 5.77. The van der Waals surface area contributed by atoms with E-state index < -0.39 is 0 Å². The Morgan fingerprint density at radius 2 is 2.17 bits per heavy atom. The highest BCUT2D eigenvalue weighted by atomic mass is 35.5. The molecule has 1 saturated heterocycles. The summed E-state index contributed by atoms with van der Waals surface area (Å²) in [6.07, 6.45) is 2.10. The first-order valence-corrected chi connectivity index (χ1v) is 8.60. The number of amides is 1. The van der Waals surface area contributed by atoms with Crippen LogP contribution in [0, 0.1) is 12.3 Å². The van der Waals surface area contributed by atoms with Gasteiger partial charge in [0.1, 0.15) is 5.75 Å². The highest BCUT2D eigenvalue weighted by Crippen LogP contribution is 2.28. The maximum atomic E-state index is 12.3. The Morgan fingerprint density at radius 1 is 1.46 bits per heavy atom. The third-order valence-corrected chi connectivity index (χ3v) is 5.02. The molecule has 1 unspecified atom stereocenters. The van der Waals surface area contributed by atoms with Gasteiger partial charge in [0.15, 0.2) is 0 Å². The number of nitrogens with zero attached hydrogens (tertiary/aromatic N) is 1. The van der Waals surface area contributed by atoms with Crippen LogP contribution in [0.2, 0.25) is 5.02 Å². The molecule has 0 aromatic heterocycles. The van der Waals surface area contributed by atoms with Gasteiger partial charge in [0.05, 0.1) is 6.61 Å². The van der Waals surface area contributed by atoms with Gasteiger partial charge in [0.2, 0.25) is 5.91 Å². The van der Waals surface area contributed by atoms with Gasteiger partial charge in [-0.25, -0.2) is 0 Å². The predicted molar refractivity (Wildman–Crippen MR) is 101 cm³/mol. The number of nitrogens with two attached hydrogens (primary N) is 1. The zero-order valence-electron chi connectivity index (χ0n) is 14.7. The second-order valence-electron chi connectivity index (χ2n) is 7.06. The molecule has 4 nitrogen and oxygen atoms in total. The van der Waals surface area contributed by atoms with E-state index in [2.05, 4.69) is 13.8 Å². The predicted octanol–water partition coefficient (Wildman–Crippen LogP) is 3.82. The second-order valence-corrected chi connectivity index (χ2v) is 7.47. The maximum Gasteiger partial charge on any atom is 0.222 e. The van der Waals surface area contributed by atoms with Crippen LogP contribution >= 0.6 is 24.0 Å². The van der Waals surface area contributed by atoms with E-state index in [9.17, 15) is 4.79 Å². The van der Waals surface area contributed by atoms with Gasteiger partial charge in [-0.3, -0.25) is 4.79 Å². The third kappa shape index (κ3) is 5.54. The smallest absolute Gasteiger partial charge is 0.222 e. The summed E-state index contributed by atoms with van der Waals surface area (Å²) in [4.78, 5) is 14.3. The van der Waals surface area contributed by atoms with E-state index >= 15 is 0 Å². The van der Waals surface area contributed by atoms with Gasteiger partial charge in [0.25, 0.3) is 0 Å². The number of carbonyl (C=O) groups is 1. The number of hydrogen-bond donors (Lipinski definition) is 1. The molecule has 0 bridgehead atoms. The molecule has 0 spiro atoms. The van der Waals surface area contributed by atoms with Crippen molar-refractivity contribution in [2.45, 2.75) is 46.1 Å². The molecule has 1 fully saturated rings. The Morgan fingerprint density at radius 3 is 2.79 bits per heavy atom. The topological polar surface area (TPSA) is 55.6 Å². The van der Waals surface area contributed by atoms with E-state index in [-0.39, 0.29) is 29.8 Å². The maximum absolute atomic E-state index is 12.3. The number of aryl methyl sites for hydroxylation is 1. The normalized spacial score (nSPS) is 19.5. The van der Waals surface area contributed by atoms with Crippen molar-refractivity contribution in [1.29, 1.82) is 0 Å². The van der Waals surface area contributed by atoms with Crippen molar-refractivity contribution in [1.82, 2.24) is 4.90 Å². The van der Waals surface area contributed by atoms with Crippen molar-refractivity contribution in [3.05, 3.63) is 28.8 Å². The molecule has 1 aliphatic heterocycles. The van der Waals surface area contributed by atoms with Gasteiger partial charge in [-0.2, -0.15) is 0 Å². The van der Waals surface area contributed by atoms with Gasteiger partial charge >= 0.3 is 0 Å². The molecule has 0 aliphatic carbocycles. The van der Waals surface area contributed by atoms with Crippen LogP contribution in [0.5, 0.6) is 5.75 Å². The van der Waals surface area contributed by atoms with Crippen molar-refractivity contribution in [3.63, 3.8) is 0 Å². The average molecular weight is 375 g/mol. The molecule has 1 aromatic rings. The molecule has 1 heterocycles. The van der Waals surface area contributed by atoms with Gasteiger partial charge in [-0.05, 0) is 48.9 Å². The minimum Gasteiger partial charge on any atom is -0.494 e. The molecule has 24 heavy (non-hydrogen) atoms. The van der Waals surface area contributed by atoms with E-state index in [1.165, 1.54) is 0 Å². The first-order chi connectivity index (χ1) is 10.8. The molecule has 2 rings (SSSR count). The van der Waals surface area contributed by atoms with E-state index in [1.807, 2.05) is 30.0 Å². The van der Waals surface area contributed by atoms with Crippen LogP contribution in [0.1, 0.15) is 38.7 Å². The molecule has 1 aromatic carbocycles. The minimum atomic E-state index is -0.00869. The number of carbonyl (C=O) groups excluding carboxylic acids is 1. The molecule has 136 valence electrons. The molecular weight excluding hydrogens is 347 g/mol. The second kappa shape index (κ2) is 8.93. The highest BCUT2D eigenvalue weighted by molar-refractivity contribution is 6.31. The quantitative estimate of drug-likeness (QED) is 0.797. The fraction of sp³-hybridized carbons (Fsp3) is 0.611. The average Bonchev–Trinajstić information content (AvgIpc) is 2.49. The Kier molecular flexibility index (Phi) is 7.84. The minimum absolute atomic E-state index is 0. The first-order valence-electron chi connectivity index (χ1n) is 8.22. The Hall–Kier alpha value is -0.970. The Balaban J connectivity index is 0.00000288. The monoisotopic (exact) mass is 374 g/mol. The number of benzene rings is 1. The molecule has 0 saturated carbocycles. The van der Waals surface area contributed by atoms with Crippen LogP contribution in [-0.2, 0) is 4.79 Å². The van der Waals surface area contributed by atoms with Crippen molar-refractivity contribution < 1.29 is 9.53 Å². The molecule has 1 aliphatic rings. The summed E-state index contributed by atoms with van der Waals surface area (Å²) in [5, 5.41) is 0.735. The highest BCUT2D eigenvalue weighted by Gasteiger charge is 2.34. The van der Waals surface area contributed by atoms with Crippen LogP contribution in [0.3, 0.4) is 0 Å². The molecule has 6 heteroatoms. The molecule has 1 atom stereocenters. The van der Waals surface area contributed by atoms with E-state index in [1.54, 1.807) is 0 Å². The molecule has 2 N–H and O–H groups in total. The summed E-state index contributed by atoms with van der Waals surface area (Å²) in [6.45, 7) is 8.24. The van der Waals surface area contributed by atoms with Gasteiger partial charge in [-0.1, -0.05) is 25.4 Å². The fourth-order valence-electron chi connectivity index (χ4n) is 2.87. The largest absolute Gasteiger partial charge is 0.494 e. The third-order valence-electron chi connectivity index (χ3n) is 4.60. The van der Waals surface area contributed by atoms with E-state index in [0.717, 1.165) is 35.8 Å². The fourth-order valence-corrected chi connectivity index (χ4v) is 2.98. The summed E-state index contributed by atoms with van der Waals surface area (Å²) in [5.74, 6) is 0.991. The molecule has 0 radical (unpaired) electrons. The van der Waals surface area contributed by atoms with Crippen LogP contribution in [0.15, 0.2) is 18.2 Å². The van der Waals surface area contributed by atoms with Gasteiger partial charge in [-0.15, -0.1) is 12.4 Å². The number of hydrogen-bond acceptors (Lipinski definition) is 3. The lowest BCUT2D eigenvalue weighted by Crippen LogP contribution is -2.54. The zero-order chi connectivity index (χ0) is 17.0. The summed E-state index contributed by atoms with van der Waals surface area (Å²) < 4.78 is 5.69. The van der Waals surface area contributed by atoms with E-state index in [4.69, 9.17) is 22.1 Å². The SMILES string of the molecule is Cc1cc(OCCCC(=O)N2CCC(N)C(C)(C)C2)ccc1Cl.Cl. The molecular formula is C18H28Cl2N2O2. The van der Waals surface area contributed by atoms with Crippen molar-refractivity contribution in [2.75, 3.05) is 19.7 Å². The van der Waals surface area contributed by atoms with Crippen LogP contribution in [0.25, 0.3) is 0 Å². The summed E-state index contributed by atoms with van der Waals surface area (Å²) in [5.41, 5.74) is 7.10. The van der Waals surface area contributed by atoms with Crippen molar-refractivity contribution in [3.8, 4) is 5.75 Å². The number of ether oxygens (including phenoxy) is 1. The number of halogens is 2. The molecule has 1 amide bonds. The van der Waals surface area contributed by atoms with Crippen LogP contribution in [-0.4, -0.2) is 36.5 Å². The van der Waals surface area contributed by atoms with Crippen molar-refractivity contribution >= 4 is 29.9 Å². The zero-order valence-corrected chi connectivity index (χ0v) is 16.3. The number of rotatable bonds is 5. The van der Waals surface area contributed by atoms with Gasteiger partial charge in [0, 0.05) is 30.6 Å². The lowest BCUT2D eigenvalue weighted by atomic mass is 9.79. The van der Waals surface area contributed by atoms with E-state index in [0.29, 0.717) is 19.4 Å². The Labute approximate surface area is 156 Å². The summed E-state index contributed by atoms with van der Waals surface area (Å²) >= 11 is 5.99. The standard InChI is InChI=1S/C18H27ClN2O2.ClH/c1-13-11-14(6-7-15(13)19)23-10-4-5-17(22)21-9-8-16(20)18(2,3)12-21;/h6-7,11,16H,4-5,8-10,12,20H2,1-3H3;1H. The first kappa shape index (κ1) is 21.1. The number of piperidine rings is 1. The number of likely N-dealkylation sites (tertiary alicyclic amines) is 1. The van der Waals surface area contributed by atoms with Gasteiger partial charge < -0.3 is 15.4 Å².